The molecular weight excluding hydrogens is 322 g/mol. The average molecular weight is 345 g/mol. The lowest BCUT2D eigenvalue weighted by atomic mass is 10.0. The minimum Gasteiger partial charge on any atom is -0.329 e. The normalized spacial score (nSPS) is 12.6. The van der Waals surface area contributed by atoms with Gasteiger partial charge in [0.2, 0.25) is 0 Å². The second-order valence-corrected chi connectivity index (χ2v) is 6.95. The number of imidazole rings is 1. The van der Waals surface area contributed by atoms with Crippen molar-refractivity contribution in [2.45, 2.75) is 40.3 Å². The standard InChI is InChI=1S/C21H23N5/c1-14-7-8-19-18(6-5-9-22-19)20(14)21-23-10-11-25(21)13-17(4)26-16(3)12-15(2)24-26/h5-12,17H,13H2,1-4H3/t17-/m0/s1. The maximum absolute atomic E-state index is 4.68. The van der Waals surface area contributed by atoms with Gasteiger partial charge in [-0.15, -0.1) is 0 Å². The minimum absolute atomic E-state index is 0.241. The Labute approximate surface area is 153 Å². The Hall–Kier alpha value is -2.95. The molecule has 4 rings (SSSR count). The molecule has 0 N–H and O–H groups in total. The van der Waals surface area contributed by atoms with E-state index in [2.05, 4.69) is 69.4 Å². The molecule has 1 atom stereocenters. The van der Waals surface area contributed by atoms with Gasteiger partial charge in [0, 0.05) is 41.8 Å². The van der Waals surface area contributed by atoms with Crippen molar-refractivity contribution in [1.82, 2.24) is 24.3 Å². The number of rotatable bonds is 4. The highest BCUT2D eigenvalue weighted by molar-refractivity contribution is 5.94. The summed E-state index contributed by atoms with van der Waals surface area (Å²) in [4.78, 5) is 9.17. The van der Waals surface area contributed by atoms with Gasteiger partial charge in [-0.3, -0.25) is 9.67 Å². The molecule has 3 heterocycles. The molecule has 26 heavy (non-hydrogen) atoms. The lowest BCUT2D eigenvalue weighted by Crippen LogP contribution is -2.16. The largest absolute Gasteiger partial charge is 0.329 e. The molecule has 0 spiro atoms. The molecule has 0 amide bonds. The third-order valence-corrected chi connectivity index (χ3v) is 4.86. The fourth-order valence-electron chi connectivity index (χ4n) is 3.70. The smallest absolute Gasteiger partial charge is 0.140 e. The summed E-state index contributed by atoms with van der Waals surface area (Å²) in [6.07, 6.45) is 5.75. The van der Waals surface area contributed by atoms with Gasteiger partial charge in [-0.05, 0) is 51.5 Å². The Morgan fingerprint density at radius 1 is 1.04 bits per heavy atom. The van der Waals surface area contributed by atoms with Crippen LogP contribution in [0.15, 0.2) is 48.9 Å². The van der Waals surface area contributed by atoms with Crippen molar-refractivity contribution >= 4 is 10.9 Å². The Bertz CT molecular complexity index is 1070. The number of fused-ring (bicyclic) bond motifs is 1. The number of aromatic nitrogens is 5. The summed E-state index contributed by atoms with van der Waals surface area (Å²) in [6, 6.07) is 10.6. The molecule has 5 nitrogen and oxygen atoms in total. The molecule has 3 aromatic heterocycles. The third kappa shape index (κ3) is 2.79. The minimum atomic E-state index is 0.241. The molecule has 0 aliphatic heterocycles. The first-order chi connectivity index (χ1) is 12.5. The summed E-state index contributed by atoms with van der Waals surface area (Å²) in [5.41, 5.74) is 5.59. The highest BCUT2D eigenvalue weighted by Gasteiger charge is 2.16. The van der Waals surface area contributed by atoms with Crippen LogP contribution in [0.4, 0.5) is 0 Å². The molecule has 0 aliphatic carbocycles. The van der Waals surface area contributed by atoms with Gasteiger partial charge < -0.3 is 4.57 Å². The van der Waals surface area contributed by atoms with Crippen molar-refractivity contribution in [3.63, 3.8) is 0 Å². The van der Waals surface area contributed by atoms with E-state index in [0.29, 0.717) is 0 Å². The number of hydrogen-bond acceptors (Lipinski definition) is 3. The van der Waals surface area contributed by atoms with Gasteiger partial charge in [-0.1, -0.05) is 12.1 Å². The van der Waals surface area contributed by atoms with E-state index in [0.717, 1.165) is 34.5 Å². The van der Waals surface area contributed by atoms with Crippen LogP contribution in [-0.4, -0.2) is 24.3 Å². The summed E-state index contributed by atoms with van der Waals surface area (Å²) >= 11 is 0. The van der Waals surface area contributed by atoms with Crippen LogP contribution >= 0.6 is 0 Å². The topological polar surface area (TPSA) is 48.5 Å². The quantitative estimate of drug-likeness (QED) is 0.548. The first-order valence-electron chi connectivity index (χ1n) is 8.93. The zero-order valence-corrected chi connectivity index (χ0v) is 15.6. The Morgan fingerprint density at radius 3 is 2.65 bits per heavy atom. The second kappa shape index (κ2) is 6.41. The second-order valence-electron chi connectivity index (χ2n) is 6.95. The van der Waals surface area contributed by atoms with Crippen LogP contribution in [0.2, 0.25) is 0 Å². The predicted octanol–water partition coefficient (Wildman–Crippen LogP) is 4.48. The van der Waals surface area contributed by atoms with Crippen molar-refractivity contribution in [3.8, 4) is 11.4 Å². The number of nitrogens with zero attached hydrogens (tertiary/aromatic N) is 5. The van der Waals surface area contributed by atoms with Gasteiger partial charge in [0.1, 0.15) is 5.82 Å². The molecule has 0 aliphatic rings. The summed E-state index contributed by atoms with van der Waals surface area (Å²) in [5, 5.41) is 5.77. The van der Waals surface area contributed by atoms with Crippen LogP contribution < -0.4 is 0 Å². The van der Waals surface area contributed by atoms with E-state index < -0.39 is 0 Å². The summed E-state index contributed by atoms with van der Waals surface area (Å²) in [5.74, 6) is 0.981. The zero-order chi connectivity index (χ0) is 18.3. The van der Waals surface area contributed by atoms with E-state index in [9.17, 15) is 0 Å². The predicted molar refractivity (Wildman–Crippen MR) is 104 cm³/mol. The molecular formula is C21H23N5. The SMILES string of the molecule is Cc1cc(C)n([C@@H](C)Cn2ccnc2-c2c(C)ccc3ncccc23)n1. The molecule has 1 aromatic carbocycles. The van der Waals surface area contributed by atoms with Crippen LogP contribution in [0.5, 0.6) is 0 Å². The van der Waals surface area contributed by atoms with Gasteiger partial charge >= 0.3 is 0 Å². The maximum Gasteiger partial charge on any atom is 0.140 e. The molecule has 4 aromatic rings. The Balaban J connectivity index is 1.77. The highest BCUT2D eigenvalue weighted by atomic mass is 15.3. The van der Waals surface area contributed by atoms with E-state index in [1.807, 2.05) is 31.6 Å². The number of pyridine rings is 1. The first kappa shape index (κ1) is 16.5. The number of aryl methyl sites for hydroxylation is 3. The van der Waals surface area contributed by atoms with E-state index >= 15 is 0 Å². The molecule has 0 bridgehead atoms. The zero-order valence-electron chi connectivity index (χ0n) is 15.6. The molecule has 0 radical (unpaired) electrons. The van der Waals surface area contributed by atoms with Gasteiger partial charge in [0.05, 0.1) is 17.3 Å². The van der Waals surface area contributed by atoms with Gasteiger partial charge in [-0.25, -0.2) is 4.98 Å². The van der Waals surface area contributed by atoms with Gasteiger partial charge in [0.15, 0.2) is 0 Å². The van der Waals surface area contributed by atoms with Gasteiger partial charge in [0.25, 0.3) is 0 Å². The van der Waals surface area contributed by atoms with Crippen molar-refractivity contribution < 1.29 is 0 Å². The van der Waals surface area contributed by atoms with Crippen molar-refractivity contribution in [2.24, 2.45) is 0 Å². The fraction of sp³-hybridized carbons (Fsp3) is 0.286. The van der Waals surface area contributed by atoms with Crippen LogP contribution in [0.3, 0.4) is 0 Å². The number of hydrogen-bond donors (Lipinski definition) is 0. The first-order valence-corrected chi connectivity index (χ1v) is 8.93. The molecule has 0 saturated carbocycles. The van der Waals surface area contributed by atoms with Crippen LogP contribution in [0, 0.1) is 20.8 Å². The van der Waals surface area contributed by atoms with Crippen LogP contribution in [0.25, 0.3) is 22.3 Å². The Kier molecular flexibility index (Phi) is 4.07. The summed E-state index contributed by atoms with van der Waals surface area (Å²) in [6.45, 7) is 9.27. The molecule has 5 heteroatoms. The molecule has 0 saturated heterocycles. The monoisotopic (exact) mass is 345 g/mol. The maximum atomic E-state index is 4.68. The van der Waals surface area contributed by atoms with Crippen molar-refractivity contribution in [2.75, 3.05) is 0 Å². The third-order valence-electron chi connectivity index (χ3n) is 4.86. The van der Waals surface area contributed by atoms with E-state index in [4.69, 9.17) is 0 Å². The van der Waals surface area contributed by atoms with Crippen molar-refractivity contribution in [1.29, 1.82) is 0 Å². The van der Waals surface area contributed by atoms with Crippen LogP contribution in [-0.2, 0) is 6.54 Å². The molecule has 132 valence electrons. The lowest BCUT2D eigenvalue weighted by molar-refractivity contribution is 0.419. The molecule has 0 fully saturated rings. The summed E-state index contributed by atoms with van der Waals surface area (Å²) < 4.78 is 4.31. The van der Waals surface area contributed by atoms with E-state index in [1.54, 1.807) is 0 Å². The van der Waals surface area contributed by atoms with Crippen LogP contribution in [0.1, 0.15) is 29.9 Å². The fourth-order valence-corrected chi connectivity index (χ4v) is 3.70. The Morgan fingerprint density at radius 2 is 1.88 bits per heavy atom. The summed E-state index contributed by atoms with van der Waals surface area (Å²) in [7, 11) is 0. The van der Waals surface area contributed by atoms with Crippen molar-refractivity contribution in [3.05, 3.63) is 65.9 Å². The number of benzene rings is 1. The lowest BCUT2D eigenvalue weighted by Gasteiger charge is -2.18. The van der Waals surface area contributed by atoms with Gasteiger partial charge in [-0.2, -0.15) is 5.10 Å². The average Bonchev–Trinajstić information content (AvgIpc) is 3.20. The highest BCUT2D eigenvalue weighted by Crippen LogP contribution is 2.30. The molecule has 0 unspecified atom stereocenters. The van der Waals surface area contributed by atoms with E-state index in [-0.39, 0.29) is 6.04 Å². The van der Waals surface area contributed by atoms with E-state index in [1.165, 1.54) is 11.3 Å².